The average Bonchev–Trinajstić information content (AvgIpc) is 2.68. The van der Waals surface area contributed by atoms with Gasteiger partial charge in [0.1, 0.15) is 0 Å². The maximum absolute atomic E-state index is 12.3. The van der Waals surface area contributed by atoms with Crippen molar-refractivity contribution < 1.29 is 4.79 Å². The molecule has 2 heterocycles. The molecule has 5 nitrogen and oxygen atoms in total. The quantitative estimate of drug-likeness (QED) is 0.875. The second-order valence-corrected chi connectivity index (χ2v) is 5.32. The minimum Gasteiger partial charge on any atom is -0.328 e. The zero-order valence-electron chi connectivity index (χ0n) is 11.1. The van der Waals surface area contributed by atoms with Crippen molar-refractivity contribution in [2.45, 2.75) is 25.4 Å². The fourth-order valence-corrected chi connectivity index (χ4v) is 2.22. The standard InChI is InChI=1S/C13H20N4O/c1-13(2,9-14)17-8-11(16(3)12(17)18)10-5-4-6-15-7-10/h4-7,11H,8-9,14H2,1-3H3. The van der Waals surface area contributed by atoms with Crippen molar-refractivity contribution in [1.82, 2.24) is 14.8 Å². The van der Waals surface area contributed by atoms with Gasteiger partial charge in [0, 0.05) is 32.5 Å². The van der Waals surface area contributed by atoms with Gasteiger partial charge in [-0.1, -0.05) is 6.07 Å². The lowest BCUT2D eigenvalue weighted by molar-refractivity contribution is 0.154. The van der Waals surface area contributed by atoms with Crippen LogP contribution in [0.2, 0.25) is 0 Å². The fraction of sp³-hybridized carbons (Fsp3) is 0.538. The predicted molar refractivity (Wildman–Crippen MR) is 70.0 cm³/mol. The molecule has 1 fully saturated rings. The summed E-state index contributed by atoms with van der Waals surface area (Å²) >= 11 is 0. The lowest BCUT2D eigenvalue weighted by atomic mass is 10.0. The van der Waals surface area contributed by atoms with Crippen LogP contribution in [0.5, 0.6) is 0 Å². The molecule has 98 valence electrons. The van der Waals surface area contributed by atoms with Gasteiger partial charge < -0.3 is 15.5 Å². The molecule has 1 atom stereocenters. The van der Waals surface area contributed by atoms with Gasteiger partial charge in [-0.2, -0.15) is 0 Å². The van der Waals surface area contributed by atoms with Crippen molar-refractivity contribution in [3.05, 3.63) is 30.1 Å². The summed E-state index contributed by atoms with van der Waals surface area (Å²) in [4.78, 5) is 20.0. The van der Waals surface area contributed by atoms with Gasteiger partial charge in [-0.3, -0.25) is 4.98 Å². The molecular formula is C13H20N4O. The number of carbonyl (C=O) groups excluding carboxylic acids is 1. The molecule has 1 saturated heterocycles. The Labute approximate surface area is 108 Å². The Bertz CT molecular complexity index is 432. The minimum atomic E-state index is -0.317. The number of nitrogens with two attached hydrogens (primary N) is 1. The molecule has 0 saturated carbocycles. The first-order valence-corrected chi connectivity index (χ1v) is 6.12. The Morgan fingerprint density at radius 3 is 2.83 bits per heavy atom. The summed E-state index contributed by atoms with van der Waals surface area (Å²) in [7, 11) is 1.83. The van der Waals surface area contributed by atoms with E-state index in [-0.39, 0.29) is 17.6 Å². The van der Waals surface area contributed by atoms with Crippen LogP contribution in [-0.4, -0.2) is 46.5 Å². The van der Waals surface area contributed by atoms with Crippen LogP contribution in [0.25, 0.3) is 0 Å². The summed E-state index contributed by atoms with van der Waals surface area (Å²) in [6, 6.07) is 3.97. The second-order valence-electron chi connectivity index (χ2n) is 5.32. The zero-order chi connectivity index (χ0) is 13.3. The minimum absolute atomic E-state index is 0.0271. The lowest BCUT2D eigenvalue weighted by Crippen LogP contribution is -2.50. The first-order valence-electron chi connectivity index (χ1n) is 6.12. The first-order chi connectivity index (χ1) is 8.47. The molecule has 18 heavy (non-hydrogen) atoms. The SMILES string of the molecule is CN1C(=O)N(C(C)(C)CN)CC1c1cccnc1. The van der Waals surface area contributed by atoms with E-state index in [0.717, 1.165) is 5.56 Å². The van der Waals surface area contributed by atoms with E-state index < -0.39 is 0 Å². The molecule has 1 aromatic rings. The van der Waals surface area contributed by atoms with Gasteiger partial charge in [0.25, 0.3) is 0 Å². The van der Waals surface area contributed by atoms with E-state index in [9.17, 15) is 4.79 Å². The van der Waals surface area contributed by atoms with Crippen LogP contribution in [0.4, 0.5) is 4.79 Å². The van der Waals surface area contributed by atoms with Crippen molar-refractivity contribution in [3.8, 4) is 0 Å². The van der Waals surface area contributed by atoms with Crippen molar-refractivity contribution in [2.24, 2.45) is 5.73 Å². The number of amides is 2. The molecule has 1 aromatic heterocycles. The number of nitrogens with zero attached hydrogens (tertiary/aromatic N) is 3. The smallest absolute Gasteiger partial charge is 0.320 e. The van der Waals surface area contributed by atoms with E-state index in [2.05, 4.69) is 4.98 Å². The molecule has 0 radical (unpaired) electrons. The van der Waals surface area contributed by atoms with Crippen molar-refractivity contribution in [3.63, 3.8) is 0 Å². The van der Waals surface area contributed by atoms with Gasteiger partial charge in [0.15, 0.2) is 0 Å². The maximum atomic E-state index is 12.3. The molecule has 1 aliphatic rings. The Morgan fingerprint density at radius 2 is 2.28 bits per heavy atom. The molecular weight excluding hydrogens is 228 g/mol. The van der Waals surface area contributed by atoms with Crippen LogP contribution in [0, 0.1) is 0 Å². The van der Waals surface area contributed by atoms with E-state index in [1.807, 2.05) is 44.1 Å². The number of aromatic nitrogens is 1. The Morgan fingerprint density at radius 1 is 1.56 bits per heavy atom. The van der Waals surface area contributed by atoms with Gasteiger partial charge in [-0.25, -0.2) is 4.79 Å². The van der Waals surface area contributed by atoms with Crippen LogP contribution in [0.3, 0.4) is 0 Å². The predicted octanol–water partition coefficient (Wildman–Crippen LogP) is 1.23. The number of urea groups is 1. The van der Waals surface area contributed by atoms with Crippen LogP contribution in [-0.2, 0) is 0 Å². The lowest BCUT2D eigenvalue weighted by Gasteiger charge is -2.33. The molecule has 2 amide bonds. The zero-order valence-corrected chi connectivity index (χ0v) is 11.1. The first kappa shape index (κ1) is 12.8. The van der Waals surface area contributed by atoms with Gasteiger partial charge in [0.2, 0.25) is 0 Å². The number of carbonyl (C=O) groups is 1. The number of likely N-dealkylation sites (N-methyl/N-ethyl adjacent to an activating group) is 1. The summed E-state index contributed by atoms with van der Waals surface area (Å²) in [6.45, 7) is 5.09. The fourth-order valence-electron chi connectivity index (χ4n) is 2.22. The third-order valence-electron chi connectivity index (χ3n) is 3.66. The number of hydrogen-bond acceptors (Lipinski definition) is 3. The summed E-state index contributed by atoms with van der Waals surface area (Å²) in [6.07, 6.45) is 3.55. The third-order valence-corrected chi connectivity index (χ3v) is 3.66. The molecule has 0 aromatic carbocycles. The molecule has 1 unspecified atom stereocenters. The van der Waals surface area contributed by atoms with Gasteiger partial charge in [0.05, 0.1) is 11.6 Å². The molecule has 2 rings (SSSR count). The highest BCUT2D eigenvalue weighted by Crippen LogP contribution is 2.31. The Kier molecular flexibility index (Phi) is 3.26. The third kappa shape index (κ3) is 2.06. The van der Waals surface area contributed by atoms with E-state index in [1.165, 1.54) is 0 Å². The maximum Gasteiger partial charge on any atom is 0.320 e. The van der Waals surface area contributed by atoms with Crippen LogP contribution in [0.15, 0.2) is 24.5 Å². The van der Waals surface area contributed by atoms with Gasteiger partial charge in [-0.15, -0.1) is 0 Å². The summed E-state index contributed by atoms with van der Waals surface area (Å²) in [5.41, 5.74) is 6.49. The van der Waals surface area contributed by atoms with E-state index in [4.69, 9.17) is 5.73 Å². The van der Waals surface area contributed by atoms with Gasteiger partial charge >= 0.3 is 6.03 Å². The number of hydrogen-bond donors (Lipinski definition) is 1. The monoisotopic (exact) mass is 248 g/mol. The second kappa shape index (κ2) is 4.57. The van der Waals surface area contributed by atoms with Crippen molar-refractivity contribution in [2.75, 3.05) is 20.1 Å². The number of rotatable bonds is 3. The van der Waals surface area contributed by atoms with Crippen molar-refractivity contribution in [1.29, 1.82) is 0 Å². The molecule has 0 bridgehead atoms. The normalized spacial score (nSPS) is 20.7. The summed E-state index contributed by atoms with van der Waals surface area (Å²) in [5, 5.41) is 0. The van der Waals surface area contributed by atoms with E-state index in [1.54, 1.807) is 11.1 Å². The summed E-state index contributed by atoms with van der Waals surface area (Å²) < 4.78 is 0. The van der Waals surface area contributed by atoms with Crippen LogP contribution < -0.4 is 5.73 Å². The van der Waals surface area contributed by atoms with E-state index >= 15 is 0 Å². The molecule has 2 N–H and O–H groups in total. The van der Waals surface area contributed by atoms with Crippen LogP contribution >= 0.6 is 0 Å². The van der Waals surface area contributed by atoms with Gasteiger partial charge in [-0.05, 0) is 25.5 Å². The highest BCUT2D eigenvalue weighted by atomic mass is 16.2. The van der Waals surface area contributed by atoms with E-state index in [0.29, 0.717) is 13.1 Å². The Hall–Kier alpha value is -1.62. The van der Waals surface area contributed by atoms with Crippen molar-refractivity contribution >= 4 is 6.03 Å². The molecule has 1 aliphatic heterocycles. The number of pyridine rings is 1. The molecule has 5 heteroatoms. The van der Waals surface area contributed by atoms with Crippen LogP contribution in [0.1, 0.15) is 25.5 Å². The molecule has 0 spiro atoms. The highest BCUT2D eigenvalue weighted by molar-refractivity contribution is 5.78. The highest BCUT2D eigenvalue weighted by Gasteiger charge is 2.42. The average molecular weight is 248 g/mol. The Balaban J connectivity index is 2.26. The summed E-state index contributed by atoms with van der Waals surface area (Å²) in [5.74, 6) is 0. The topological polar surface area (TPSA) is 62.5 Å². The largest absolute Gasteiger partial charge is 0.328 e. The molecule has 0 aliphatic carbocycles.